The summed E-state index contributed by atoms with van der Waals surface area (Å²) in [5.74, 6) is -0.816. The summed E-state index contributed by atoms with van der Waals surface area (Å²) >= 11 is 0. The van der Waals surface area contributed by atoms with Crippen molar-refractivity contribution < 1.29 is 12.8 Å². The van der Waals surface area contributed by atoms with Crippen LogP contribution in [0.4, 0.5) is 4.39 Å². The first-order valence-corrected chi connectivity index (χ1v) is 5.65. The van der Waals surface area contributed by atoms with Crippen LogP contribution < -0.4 is 0 Å². The Balaban J connectivity index is 3.58. The van der Waals surface area contributed by atoms with E-state index < -0.39 is 20.5 Å². The van der Waals surface area contributed by atoms with Gasteiger partial charge in [0.05, 0.1) is 11.6 Å². The van der Waals surface area contributed by atoms with Gasteiger partial charge in [-0.25, -0.2) is 12.8 Å². The molecule has 0 unspecified atom stereocenters. The maximum Gasteiger partial charge on any atom is 0.178 e. The molecule has 0 atom stereocenters. The highest BCUT2D eigenvalue weighted by molar-refractivity contribution is 7.90. The minimum absolute atomic E-state index is 0.173. The first-order chi connectivity index (χ1) is 6.36. The summed E-state index contributed by atoms with van der Waals surface area (Å²) in [5.41, 5.74) is 0.601. The average Bonchev–Trinajstić information content (AvgIpc) is 2.02. The lowest BCUT2D eigenvalue weighted by Crippen LogP contribution is -2.02. The van der Waals surface area contributed by atoms with Crippen molar-refractivity contribution in [3.05, 3.63) is 29.1 Å². The number of halogens is 1. The van der Waals surface area contributed by atoms with Gasteiger partial charge >= 0.3 is 0 Å². The summed E-state index contributed by atoms with van der Waals surface area (Å²) in [4.78, 5) is -0.431. The molecule has 0 heterocycles. The maximum atomic E-state index is 13.2. The summed E-state index contributed by atoms with van der Waals surface area (Å²) in [6, 6.07) is 3.91. The minimum Gasteiger partial charge on any atom is -0.224 e. The Labute approximate surface area is 81.7 Å². The summed E-state index contributed by atoms with van der Waals surface area (Å²) in [7, 11) is -3.61. The molecule has 0 spiro atoms. The molecule has 0 aliphatic carbocycles. The van der Waals surface area contributed by atoms with Gasteiger partial charge in [-0.05, 0) is 24.6 Å². The van der Waals surface area contributed by atoms with Crippen molar-refractivity contribution in [3.8, 4) is 6.07 Å². The number of nitriles is 1. The number of benzene rings is 1. The number of rotatable bonds is 1. The van der Waals surface area contributed by atoms with Gasteiger partial charge in [0.1, 0.15) is 10.7 Å². The van der Waals surface area contributed by atoms with Gasteiger partial charge in [0, 0.05) is 6.26 Å². The van der Waals surface area contributed by atoms with Gasteiger partial charge in [-0.15, -0.1) is 0 Å². The summed E-state index contributed by atoms with van der Waals surface area (Å²) in [6.45, 7) is 1.55. The molecule has 14 heavy (non-hydrogen) atoms. The van der Waals surface area contributed by atoms with Crippen LogP contribution in [0.2, 0.25) is 0 Å². The molecular weight excluding hydrogens is 205 g/mol. The number of aryl methyl sites for hydroxylation is 1. The molecule has 0 saturated carbocycles. The second-order valence-corrected chi connectivity index (χ2v) is 4.97. The van der Waals surface area contributed by atoms with Crippen LogP contribution in [0.5, 0.6) is 0 Å². The van der Waals surface area contributed by atoms with Crippen LogP contribution in [0.3, 0.4) is 0 Å². The third-order valence-corrected chi connectivity index (χ3v) is 2.91. The molecular formula is C9H8FNO2S. The number of hydrogen-bond acceptors (Lipinski definition) is 3. The zero-order valence-electron chi connectivity index (χ0n) is 7.70. The smallest absolute Gasteiger partial charge is 0.178 e. The van der Waals surface area contributed by atoms with Crippen molar-refractivity contribution in [2.45, 2.75) is 11.8 Å². The molecule has 0 aliphatic rings. The van der Waals surface area contributed by atoms with Crippen LogP contribution in [0.15, 0.2) is 17.0 Å². The van der Waals surface area contributed by atoms with E-state index in [4.69, 9.17) is 5.26 Å². The summed E-state index contributed by atoms with van der Waals surface area (Å²) < 4.78 is 35.3. The topological polar surface area (TPSA) is 57.9 Å². The molecule has 1 aromatic carbocycles. The van der Waals surface area contributed by atoms with Gasteiger partial charge in [-0.1, -0.05) is 0 Å². The Hall–Kier alpha value is -1.41. The lowest BCUT2D eigenvalue weighted by molar-refractivity contribution is 0.570. The first-order valence-electron chi connectivity index (χ1n) is 3.76. The normalized spacial score (nSPS) is 11.0. The van der Waals surface area contributed by atoms with Crippen molar-refractivity contribution in [2.24, 2.45) is 0 Å². The van der Waals surface area contributed by atoms with E-state index >= 15 is 0 Å². The number of nitrogens with zero attached hydrogens (tertiary/aromatic N) is 1. The lowest BCUT2D eigenvalue weighted by atomic mass is 10.1. The Morgan fingerprint density at radius 2 is 2.00 bits per heavy atom. The summed E-state index contributed by atoms with van der Waals surface area (Å²) in [6.07, 6.45) is 0.905. The molecule has 0 aromatic heterocycles. The van der Waals surface area contributed by atoms with Gasteiger partial charge in [0.15, 0.2) is 9.84 Å². The van der Waals surface area contributed by atoms with Crippen molar-refractivity contribution >= 4 is 9.84 Å². The molecule has 1 aromatic rings. The molecule has 0 fully saturated rings. The van der Waals surface area contributed by atoms with Crippen LogP contribution in [0, 0.1) is 24.1 Å². The van der Waals surface area contributed by atoms with Crippen LogP contribution in [-0.4, -0.2) is 14.7 Å². The van der Waals surface area contributed by atoms with E-state index in [0.29, 0.717) is 5.56 Å². The second kappa shape index (κ2) is 3.39. The van der Waals surface area contributed by atoms with Crippen molar-refractivity contribution in [3.63, 3.8) is 0 Å². The van der Waals surface area contributed by atoms with Crippen molar-refractivity contribution in [2.75, 3.05) is 6.26 Å². The Morgan fingerprint density at radius 3 is 2.43 bits per heavy atom. The van der Waals surface area contributed by atoms with Crippen LogP contribution in [0.1, 0.15) is 11.1 Å². The van der Waals surface area contributed by atoms with Gasteiger partial charge in [0.2, 0.25) is 0 Å². The Morgan fingerprint density at radius 1 is 1.43 bits per heavy atom. The standard InChI is InChI=1S/C9H8FNO2S/c1-6-3-8(10)9(14(2,12)13)4-7(6)5-11/h3-4H,1-2H3. The average molecular weight is 213 g/mol. The molecule has 74 valence electrons. The fourth-order valence-electron chi connectivity index (χ4n) is 1.06. The molecule has 0 N–H and O–H groups in total. The molecule has 0 bridgehead atoms. The van der Waals surface area contributed by atoms with Crippen molar-refractivity contribution in [1.29, 1.82) is 5.26 Å². The van der Waals surface area contributed by atoms with E-state index in [-0.39, 0.29) is 5.56 Å². The molecule has 0 amide bonds. The maximum absolute atomic E-state index is 13.2. The fourth-order valence-corrected chi connectivity index (χ4v) is 1.80. The van der Waals surface area contributed by atoms with E-state index in [2.05, 4.69) is 0 Å². The Bertz CT molecular complexity index is 514. The van der Waals surface area contributed by atoms with Gasteiger partial charge < -0.3 is 0 Å². The quantitative estimate of drug-likeness (QED) is 0.708. The third kappa shape index (κ3) is 1.91. The number of sulfone groups is 1. The molecule has 1 rings (SSSR count). The van der Waals surface area contributed by atoms with E-state index in [1.54, 1.807) is 13.0 Å². The molecule has 0 radical (unpaired) electrons. The van der Waals surface area contributed by atoms with Gasteiger partial charge in [0.25, 0.3) is 0 Å². The van der Waals surface area contributed by atoms with E-state index in [9.17, 15) is 12.8 Å². The highest BCUT2D eigenvalue weighted by Crippen LogP contribution is 2.19. The number of hydrogen-bond donors (Lipinski definition) is 0. The Kier molecular flexibility index (Phi) is 2.58. The predicted molar refractivity (Wildman–Crippen MR) is 49.0 cm³/mol. The van der Waals surface area contributed by atoms with Crippen LogP contribution >= 0.6 is 0 Å². The van der Waals surface area contributed by atoms with Crippen LogP contribution in [0.25, 0.3) is 0 Å². The second-order valence-electron chi connectivity index (χ2n) is 2.98. The minimum atomic E-state index is -3.61. The van der Waals surface area contributed by atoms with Gasteiger partial charge in [-0.3, -0.25) is 0 Å². The monoisotopic (exact) mass is 213 g/mol. The van der Waals surface area contributed by atoms with Crippen LogP contribution in [-0.2, 0) is 9.84 Å². The highest BCUT2D eigenvalue weighted by Gasteiger charge is 2.15. The summed E-state index contributed by atoms with van der Waals surface area (Å²) in [5, 5.41) is 8.63. The lowest BCUT2D eigenvalue weighted by Gasteiger charge is -2.03. The van der Waals surface area contributed by atoms with Crippen molar-refractivity contribution in [1.82, 2.24) is 0 Å². The zero-order chi connectivity index (χ0) is 10.9. The third-order valence-electron chi connectivity index (χ3n) is 1.80. The molecule has 3 nitrogen and oxygen atoms in total. The van der Waals surface area contributed by atoms with E-state index in [1.165, 1.54) is 0 Å². The van der Waals surface area contributed by atoms with Gasteiger partial charge in [-0.2, -0.15) is 5.26 Å². The predicted octanol–water partition coefficient (Wildman–Crippen LogP) is 1.41. The first kappa shape index (κ1) is 10.7. The highest BCUT2D eigenvalue weighted by atomic mass is 32.2. The zero-order valence-corrected chi connectivity index (χ0v) is 8.52. The molecule has 0 aliphatic heterocycles. The SMILES string of the molecule is Cc1cc(F)c(S(C)(=O)=O)cc1C#N. The fraction of sp³-hybridized carbons (Fsp3) is 0.222. The van der Waals surface area contributed by atoms with E-state index in [0.717, 1.165) is 18.4 Å². The molecule has 5 heteroatoms. The van der Waals surface area contributed by atoms with E-state index in [1.807, 2.05) is 0 Å². The molecule has 0 saturated heterocycles. The largest absolute Gasteiger partial charge is 0.224 e.